The van der Waals surface area contributed by atoms with Gasteiger partial charge >= 0.3 is 0 Å². The van der Waals surface area contributed by atoms with Crippen LogP contribution in [-0.2, 0) is 17.9 Å². The maximum Gasteiger partial charge on any atom is 0.161 e. The first kappa shape index (κ1) is 23.2. The van der Waals surface area contributed by atoms with Gasteiger partial charge in [-0.25, -0.2) is 0 Å². The lowest BCUT2D eigenvalue weighted by Crippen LogP contribution is -2.37. The van der Waals surface area contributed by atoms with Gasteiger partial charge in [0.25, 0.3) is 0 Å². The Morgan fingerprint density at radius 1 is 0.967 bits per heavy atom. The highest BCUT2D eigenvalue weighted by Crippen LogP contribution is 2.30. The lowest BCUT2D eigenvalue weighted by atomic mass is 10.2. The zero-order chi connectivity index (χ0) is 21.2. The number of nitrogens with zero attached hydrogens (tertiary/aromatic N) is 1. The van der Waals surface area contributed by atoms with Crippen molar-refractivity contribution in [2.45, 2.75) is 26.5 Å². The smallest absolute Gasteiger partial charge is 0.161 e. The standard InChI is InChI=1S/C23H30Cl2N2O3/c1-2-29-23-15-18(16-26-8-3-9-27-10-12-28-13-11-27)5-7-22(23)30-17-19-4-6-20(24)21(25)14-19/h4-7,14-15,26H,2-3,8-13,16-17H2,1H3. The van der Waals surface area contributed by atoms with Crippen LogP contribution in [0.1, 0.15) is 24.5 Å². The maximum atomic E-state index is 6.08. The molecule has 0 aromatic heterocycles. The molecule has 1 aliphatic rings. The second-order valence-corrected chi connectivity index (χ2v) is 8.05. The molecule has 2 aromatic carbocycles. The van der Waals surface area contributed by atoms with Gasteiger partial charge in [0, 0.05) is 19.6 Å². The molecule has 0 saturated carbocycles. The summed E-state index contributed by atoms with van der Waals surface area (Å²) in [5, 5.41) is 4.58. The average molecular weight is 453 g/mol. The molecule has 0 spiro atoms. The molecule has 3 rings (SSSR count). The number of morpholine rings is 1. The molecular formula is C23H30Cl2N2O3. The summed E-state index contributed by atoms with van der Waals surface area (Å²) in [6.07, 6.45) is 1.13. The Morgan fingerprint density at radius 2 is 1.77 bits per heavy atom. The zero-order valence-corrected chi connectivity index (χ0v) is 19.0. The Bertz CT molecular complexity index is 798. The van der Waals surface area contributed by atoms with E-state index in [9.17, 15) is 0 Å². The van der Waals surface area contributed by atoms with Gasteiger partial charge in [0.1, 0.15) is 6.61 Å². The third-order valence-electron chi connectivity index (χ3n) is 4.95. The van der Waals surface area contributed by atoms with Crippen molar-refractivity contribution in [2.24, 2.45) is 0 Å². The molecule has 1 N–H and O–H groups in total. The van der Waals surface area contributed by atoms with Gasteiger partial charge in [-0.15, -0.1) is 0 Å². The molecule has 0 radical (unpaired) electrons. The molecule has 0 atom stereocenters. The normalized spacial score (nSPS) is 14.6. The zero-order valence-electron chi connectivity index (χ0n) is 17.5. The van der Waals surface area contributed by atoms with E-state index in [0.717, 1.165) is 69.4 Å². The van der Waals surface area contributed by atoms with Gasteiger partial charge in [0.05, 0.1) is 29.9 Å². The van der Waals surface area contributed by atoms with Gasteiger partial charge in [-0.3, -0.25) is 4.90 Å². The molecule has 0 amide bonds. The molecule has 1 aliphatic heterocycles. The molecule has 5 nitrogen and oxygen atoms in total. The van der Waals surface area contributed by atoms with Crippen LogP contribution in [0.4, 0.5) is 0 Å². The molecular weight excluding hydrogens is 423 g/mol. The minimum absolute atomic E-state index is 0.399. The van der Waals surface area contributed by atoms with E-state index in [1.54, 1.807) is 6.07 Å². The lowest BCUT2D eigenvalue weighted by Gasteiger charge is -2.26. The van der Waals surface area contributed by atoms with Crippen LogP contribution in [0.15, 0.2) is 36.4 Å². The van der Waals surface area contributed by atoms with Crippen molar-refractivity contribution in [3.05, 3.63) is 57.6 Å². The van der Waals surface area contributed by atoms with Crippen LogP contribution in [0.25, 0.3) is 0 Å². The van der Waals surface area contributed by atoms with Crippen molar-refractivity contribution >= 4 is 23.2 Å². The van der Waals surface area contributed by atoms with E-state index in [4.69, 9.17) is 37.4 Å². The highest BCUT2D eigenvalue weighted by molar-refractivity contribution is 6.42. The van der Waals surface area contributed by atoms with Crippen LogP contribution < -0.4 is 14.8 Å². The molecule has 1 saturated heterocycles. The summed E-state index contributed by atoms with van der Waals surface area (Å²) in [6.45, 7) is 9.65. The van der Waals surface area contributed by atoms with Gasteiger partial charge in [-0.2, -0.15) is 0 Å². The van der Waals surface area contributed by atoms with Crippen molar-refractivity contribution in [1.82, 2.24) is 10.2 Å². The summed E-state index contributed by atoms with van der Waals surface area (Å²) in [6, 6.07) is 11.6. The van der Waals surface area contributed by atoms with Gasteiger partial charge in [0.15, 0.2) is 11.5 Å². The molecule has 164 valence electrons. The van der Waals surface area contributed by atoms with Crippen LogP contribution in [0, 0.1) is 0 Å². The van der Waals surface area contributed by atoms with Crippen molar-refractivity contribution in [1.29, 1.82) is 0 Å². The highest BCUT2D eigenvalue weighted by Gasteiger charge is 2.10. The summed E-state index contributed by atoms with van der Waals surface area (Å²) in [7, 11) is 0. The second kappa shape index (κ2) is 12.4. The van der Waals surface area contributed by atoms with Crippen LogP contribution in [0.5, 0.6) is 11.5 Å². The van der Waals surface area contributed by atoms with Crippen LogP contribution >= 0.6 is 23.2 Å². The summed E-state index contributed by atoms with van der Waals surface area (Å²) in [4.78, 5) is 2.46. The predicted octanol–water partition coefficient (Wildman–Crippen LogP) is 4.78. The Morgan fingerprint density at radius 3 is 2.53 bits per heavy atom. The van der Waals surface area contributed by atoms with E-state index in [-0.39, 0.29) is 0 Å². The van der Waals surface area contributed by atoms with Gasteiger partial charge < -0.3 is 19.5 Å². The van der Waals surface area contributed by atoms with E-state index >= 15 is 0 Å². The number of halogens is 2. The summed E-state index contributed by atoms with van der Waals surface area (Å²) in [5.41, 5.74) is 2.13. The van der Waals surface area contributed by atoms with E-state index < -0.39 is 0 Å². The number of nitrogens with one attached hydrogen (secondary N) is 1. The molecule has 0 aliphatic carbocycles. The fraction of sp³-hybridized carbons (Fsp3) is 0.478. The SMILES string of the molecule is CCOc1cc(CNCCCN2CCOCC2)ccc1OCc1ccc(Cl)c(Cl)c1. The fourth-order valence-corrected chi connectivity index (χ4v) is 3.65. The summed E-state index contributed by atoms with van der Waals surface area (Å²) in [5.74, 6) is 1.48. The number of hydrogen-bond donors (Lipinski definition) is 1. The van der Waals surface area contributed by atoms with Crippen molar-refractivity contribution in [3.63, 3.8) is 0 Å². The number of benzene rings is 2. The monoisotopic (exact) mass is 452 g/mol. The Balaban J connectivity index is 1.47. The first-order valence-electron chi connectivity index (χ1n) is 10.5. The van der Waals surface area contributed by atoms with Gasteiger partial charge in [0.2, 0.25) is 0 Å². The first-order chi connectivity index (χ1) is 14.7. The van der Waals surface area contributed by atoms with Gasteiger partial charge in [-0.05, 0) is 61.8 Å². The average Bonchev–Trinajstić information content (AvgIpc) is 2.76. The molecule has 2 aromatic rings. The van der Waals surface area contributed by atoms with Crippen molar-refractivity contribution in [3.8, 4) is 11.5 Å². The third-order valence-corrected chi connectivity index (χ3v) is 5.69. The molecule has 0 bridgehead atoms. The molecule has 30 heavy (non-hydrogen) atoms. The number of ether oxygens (including phenoxy) is 3. The number of hydrogen-bond acceptors (Lipinski definition) is 5. The van der Waals surface area contributed by atoms with Crippen LogP contribution in [0.3, 0.4) is 0 Å². The Labute approximate surface area is 189 Å². The molecule has 1 fully saturated rings. The molecule has 1 heterocycles. The summed E-state index contributed by atoms with van der Waals surface area (Å²) >= 11 is 12.1. The minimum Gasteiger partial charge on any atom is -0.490 e. The molecule has 0 unspecified atom stereocenters. The van der Waals surface area contributed by atoms with Gasteiger partial charge in [-0.1, -0.05) is 35.3 Å². The van der Waals surface area contributed by atoms with Crippen molar-refractivity contribution < 1.29 is 14.2 Å². The quantitative estimate of drug-likeness (QED) is 0.496. The Kier molecular flexibility index (Phi) is 9.56. The maximum absolute atomic E-state index is 6.08. The first-order valence-corrected chi connectivity index (χ1v) is 11.2. The highest BCUT2D eigenvalue weighted by atomic mass is 35.5. The van der Waals surface area contributed by atoms with E-state index in [2.05, 4.69) is 16.3 Å². The number of rotatable bonds is 11. The second-order valence-electron chi connectivity index (χ2n) is 7.24. The minimum atomic E-state index is 0.399. The Hall–Kier alpha value is -1.50. The lowest BCUT2D eigenvalue weighted by molar-refractivity contribution is 0.0374. The van der Waals surface area contributed by atoms with E-state index in [1.165, 1.54) is 5.56 Å². The van der Waals surface area contributed by atoms with Crippen LogP contribution in [0.2, 0.25) is 10.0 Å². The topological polar surface area (TPSA) is 43.0 Å². The van der Waals surface area contributed by atoms with E-state index in [0.29, 0.717) is 23.3 Å². The van der Waals surface area contributed by atoms with Crippen molar-refractivity contribution in [2.75, 3.05) is 46.0 Å². The van der Waals surface area contributed by atoms with E-state index in [1.807, 2.05) is 31.2 Å². The third kappa shape index (κ3) is 7.33. The largest absolute Gasteiger partial charge is 0.490 e. The fourth-order valence-electron chi connectivity index (χ4n) is 3.33. The predicted molar refractivity (Wildman–Crippen MR) is 122 cm³/mol. The van der Waals surface area contributed by atoms with Crippen LogP contribution in [-0.4, -0.2) is 50.9 Å². The molecule has 7 heteroatoms. The summed E-state index contributed by atoms with van der Waals surface area (Å²) < 4.78 is 17.2.